The summed E-state index contributed by atoms with van der Waals surface area (Å²) in [5, 5.41) is 6.96. The van der Waals surface area contributed by atoms with Gasteiger partial charge < -0.3 is 10.6 Å². The van der Waals surface area contributed by atoms with Crippen molar-refractivity contribution in [2.75, 3.05) is 11.9 Å². The molecule has 0 aliphatic rings. The van der Waals surface area contributed by atoms with Crippen LogP contribution in [0.2, 0.25) is 0 Å². The minimum absolute atomic E-state index is 0.0352. The molecule has 4 heteroatoms. The van der Waals surface area contributed by atoms with Crippen molar-refractivity contribution in [3.63, 3.8) is 0 Å². The number of hydrogen-bond acceptors (Lipinski definition) is 3. The van der Waals surface area contributed by atoms with Gasteiger partial charge in [-0.2, -0.15) is 0 Å². The number of benzene rings is 1. The molecule has 1 amide bonds. The van der Waals surface area contributed by atoms with E-state index in [1.807, 2.05) is 44.2 Å². The molecule has 0 fully saturated rings. The van der Waals surface area contributed by atoms with Gasteiger partial charge in [-0.15, -0.1) is 0 Å². The molecule has 18 heavy (non-hydrogen) atoms. The minimum Gasteiger partial charge on any atom is -0.325 e. The molecule has 1 heterocycles. The second-order valence-corrected chi connectivity index (χ2v) is 4.49. The monoisotopic (exact) mass is 243 g/mol. The maximum Gasteiger partial charge on any atom is 0.238 e. The van der Waals surface area contributed by atoms with Crippen LogP contribution in [0.1, 0.15) is 13.8 Å². The molecule has 0 saturated carbocycles. The van der Waals surface area contributed by atoms with Gasteiger partial charge in [0.1, 0.15) is 0 Å². The summed E-state index contributed by atoms with van der Waals surface area (Å²) >= 11 is 0. The zero-order valence-electron chi connectivity index (χ0n) is 10.6. The maximum atomic E-state index is 11.7. The number of hydrogen-bond donors (Lipinski definition) is 2. The lowest BCUT2D eigenvalue weighted by Gasteiger charge is -2.09. The molecule has 0 saturated heterocycles. The fraction of sp³-hybridized carbons (Fsp3) is 0.286. The number of nitrogens with zero attached hydrogens (tertiary/aromatic N) is 1. The summed E-state index contributed by atoms with van der Waals surface area (Å²) < 4.78 is 0. The van der Waals surface area contributed by atoms with Gasteiger partial charge in [0.2, 0.25) is 5.91 Å². The van der Waals surface area contributed by atoms with E-state index < -0.39 is 0 Å². The summed E-state index contributed by atoms with van der Waals surface area (Å²) in [5.74, 6) is -0.0352. The van der Waals surface area contributed by atoms with Gasteiger partial charge in [-0.25, -0.2) is 0 Å². The Morgan fingerprint density at radius 2 is 2.17 bits per heavy atom. The highest BCUT2D eigenvalue weighted by atomic mass is 16.1. The highest BCUT2D eigenvalue weighted by Gasteiger charge is 2.03. The van der Waals surface area contributed by atoms with E-state index >= 15 is 0 Å². The van der Waals surface area contributed by atoms with Crippen molar-refractivity contribution >= 4 is 22.5 Å². The smallest absolute Gasteiger partial charge is 0.238 e. The fourth-order valence-electron chi connectivity index (χ4n) is 1.66. The van der Waals surface area contributed by atoms with Crippen molar-refractivity contribution in [2.24, 2.45) is 0 Å². The van der Waals surface area contributed by atoms with Crippen LogP contribution in [0, 0.1) is 0 Å². The lowest BCUT2D eigenvalue weighted by Crippen LogP contribution is -2.32. The molecule has 0 bridgehead atoms. The van der Waals surface area contributed by atoms with Crippen LogP contribution < -0.4 is 10.6 Å². The Morgan fingerprint density at radius 1 is 1.33 bits per heavy atom. The van der Waals surface area contributed by atoms with Crippen molar-refractivity contribution in [3.8, 4) is 0 Å². The molecule has 2 N–H and O–H groups in total. The molecule has 2 rings (SSSR count). The summed E-state index contributed by atoms with van der Waals surface area (Å²) in [5.41, 5.74) is 1.72. The van der Waals surface area contributed by atoms with E-state index in [1.165, 1.54) is 0 Å². The van der Waals surface area contributed by atoms with Gasteiger partial charge in [0.15, 0.2) is 0 Å². The number of rotatable bonds is 4. The van der Waals surface area contributed by atoms with Crippen LogP contribution in [0.5, 0.6) is 0 Å². The minimum atomic E-state index is -0.0352. The van der Waals surface area contributed by atoms with Crippen LogP contribution in [-0.2, 0) is 4.79 Å². The second kappa shape index (κ2) is 5.60. The normalized spacial score (nSPS) is 10.8. The topological polar surface area (TPSA) is 54.0 Å². The highest BCUT2D eigenvalue weighted by molar-refractivity contribution is 5.94. The first-order valence-electron chi connectivity index (χ1n) is 6.03. The average Bonchev–Trinajstić information content (AvgIpc) is 2.36. The Bertz CT molecular complexity index is 551. The molecule has 94 valence electrons. The lowest BCUT2D eigenvalue weighted by molar-refractivity contribution is -0.115. The molecule has 0 radical (unpaired) electrons. The molecule has 0 atom stereocenters. The van der Waals surface area contributed by atoms with Crippen LogP contribution in [0.4, 0.5) is 5.69 Å². The zero-order valence-corrected chi connectivity index (χ0v) is 10.6. The van der Waals surface area contributed by atoms with Crippen LogP contribution >= 0.6 is 0 Å². The van der Waals surface area contributed by atoms with Gasteiger partial charge in [-0.05, 0) is 24.3 Å². The van der Waals surface area contributed by atoms with Crippen molar-refractivity contribution in [1.82, 2.24) is 10.3 Å². The van der Waals surface area contributed by atoms with Crippen molar-refractivity contribution in [2.45, 2.75) is 19.9 Å². The van der Waals surface area contributed by atoms with E-state index in [0.717, 1.165) is 16.6 Å². The number of carbonyl (C=O) groups is 1. The molecular weight excluding hydrogens is 226 g/mol. The van der Waals surface area contributed by atoms with E-state index in [2.05, 4.69) is 15.6 Å². The van der Waals surface area contributed by atoms with Crippen LogP contribution in [0.25, 0.3) is 10.9 Å². The first kappa shape index (κ1) is 12.5. The summed E-state index contributed by atoms with van der Waals surface area (Å²) in [6, 6.07) is 9.86. The average molecular weight is 243 g/mol. The predicted octanol–water partition coefficient (Wildman–Crippen LogP) is 2.17. The van der Waals surface area contributed by atoms with Crippen LogP contribution in [0.3, 0.4) is 0 Å². The zero-order chi connectivity index (χ0) is 13.0. The second-order valence-electron chi connectivity index (χ2n) is 4.49. The lowest BCUT2D eigenvalue weighted by atomic mass is 10.2. The Morgan fingerprint density at radius 3 is 2.94 bits per heavy atom. The third-order valence-electron chi connectivity index (χ3n) is 2.56. The summed E-state index contributed by atoms with van der Waals surface area (Å²) in [7, 11) is 0. The van der Waals surface area contributed by atoms with E-state index in [0.29, 0.717) is 12.6 Å². The number of amides is 1. The largest absolute Gasteiger partial charge is 0.325 e. The predicted molar refractivity (Wildman–Crippen MR) is 73.5 cm³/mol. The number of anilines is 1. The van der Waals surface area contributed by atoms with Gasteiger partial charge in [-0.3, -0.25) is 9.78 Å². The molecule has 0 spiro atoms. The molecule has 0 unspecified atom stereocenters. The van der Waals surface area contributed by atoms with E-state index in [9.17, 15) is 4.79 Å². The Kier molecular flexibility index (Phi) is 3.89. The first-order valence-corrected chi connectivity index (χ1v) is 6.03. The Hall–Kier alpha value is -1.94. The third kappa shape index (κ3) is 3.28. The molecule has 2 aromatic rings. The van der Waals surface area contributed by atoms with Crippen molar-refractivity contribution < 1.29 is 4.79 Å². The number of carbonyl (C=O) groups excluding carboxylic acids is 1. The number of nitrogens with one attached hydrogen (secondary N) is 2. The van der Waals surface area contributed by atoms with Gasteiger partial charge >= 0.3 is 0 Å². The quantitative estimate of drug-likeness (QED) is 0.865. The SMILES string of the molecule is CC(C)NCC(=O)Nc1ccc2ncccc2c1. The van der Waals surface area contributed by atoms with E-state index in [4.69, 9.17) is 0 Å². The maximum absolute atomic E-state index is 11.7. The molecule has 1 aromatic carbocycles. The number of aromatic nitrogens is 1. The Labute approximate surface area is 106 Å². The summed E-state index contributed by atoms with van der Waals surface area (Å²) in [6.45, 7) is 4.34. The van der Waals surface area contributed by atoms with Crippen molar-refractivity contribution in [3.05, 3.63) is 36.5 Å². The van der Waals surface area contributed by atoms with Crippen molar-refractivity contribution in [1.29, 1.82) is 0 Å². The van der Waals surface area contributed by atoms with Gasteiger partial charge in [0, 0.05) is 23.3 Å². The highest BCUT2D eigenvalue weighted by Crippen LogP contribution is 2.16. The van der Waals surface area contributed by atoms with E-state index in [-0.39, 0.29) is 5.91 Å². The van der Waals surface area contributed by atoms with Crippen LogP contribution in [0.15, 0.2) is 36.5 Å². The third-order valence-corrected chi connectivity index (χ3v) is 2.56. The fourth-order valence-corrected chi connectivity index (χ4v) is 1.66. The van der Waals surface area contributed by atoms with Gasteiger partial charge in [0.05, 0.1) is 12.1 Å². The molecule has 1 aromatic heterocycles. The molecule has 4 nitrogen and oxygen atoms in total. The molecule has 0 aliphatic heterocycles. The molecular formula is C14H17N3O. The van der Waals surface area contributed by atoms with E-state index in [1.54, 1.807) is 6.20 Å². The first-order chi connectivity index (χ1) is 8.65. The summed E-state index contributed by atoms with van der Waals surface area (Å²) in [6.07, 6.45) is 1.76. The number of pyridine rings is 1. The molecule has 0 aliphatic carbocycles. The van der Waals surface area contributed by atoms with Crippen LogP contribution in [-0.4, -0.2) is 23.5 Å². The number of fused-ring (bicyclic) bond motifs is 1. The summed E-state index contributed by atoms with van der Waals surface area (Å²) in [4.78, 5) is 15.9. The van der Waals surface area contributed by atoms with Gasteiger partial charge in [-0.1, -0.05) is 19.9 Å². The standard InChI is InChI=1S/C14H17N3O/c1-10(2)16-9-14(18)17-12-5-6-13-11(8-12)4-3-7-15-13/h3-8,10,16H,9H2,1-2H3,(H,17,18). The Balaban J connectivity index is 2.05. The van der Waals surface area contributed by atoms with Gasteiger partial charge in [0.25, 0.3) is 0 Å².